The molecule has 0 saturated heterocycles. The first kappa shape index (κ1) is 15.2. The van der Waals surface area contributed by atoms with Crippen molar-refractivity contribution in [3.05, 3.63) is 52.2 Å². The topological polar surface area (TPSA) is 56.1 Å². The van der Waals surface area contributed by atoms with Gasteiger partial charge in [0.2, 0.25) is 5.91 Å². The number of amides is 1. The molecule has 1 aromatic heterocycles. The molecule has 4 nitrogen and oxygen atoms in total. The molecule has 21 heavy (non-hydrogen) atoms. The molecule has 1 N–H and O–H groups in total. The number of hydrogen-bond donors (Lipinski definition) is 1. The number of benzene rings is 1. The van der Waals surface area contributed by atoms with Gasteiger partial charge in [0.25, 0.3) is 0 Å². The minimum atomic E-state index is -0.0734. The Bertz CT molecular complexity index is 631. The molecule has 0 radical (unpaired) electrons. The smallest absolute Gasteiger partial charge is 0.225 e. The monoisotopic (exact) mass is 299 g/mol. The van der Waals surface area contributed by atoms with E-state index in [-0.39, 0.29) is 5.91 Å². The molecular formula is C16H17N3OS. The van der Waals surface area contributed by atoms with Crippen molar-refractivity contribution in [2.45, 2.75) is 13.0 Å². The minimum Gasteiger partial charge on any atom is -0.325 e. The van der Waals surface area contributed by atoms with Crippen LogP contribution in [0.15, 0.2) is 41.8 Å². The zero-order valence-electron chi connectivity index (χ0n) is 11.9. The van der Waals surface area contributed by atoms with Gasteiger partial charge >= 0.3 is 0 Å². The third kappa shape index (κ3) is 4.71. The molecule has 0 aliphatic rings. The van der Waals surface area contributed by atoms with Crippen molar-refractivity contribution in [3.63, 3.8) is 0 Å². The molecule has 108 valence electrons. The number of thiophene rings is 1. The summed E-state index contributed by atoms with van der Waals surface area (Å²) in [5.41, 5.74) is 1.06. The summed E-state index contributed by atoms with van der Waals surface area (Å²) < 4.78 is 0. The maximum Gasteiger partial charge on any atom is 0.225 e. The number of carbonyl (C=O) groups is 1. The largest absolute Gasteiger partial charge is 0.325 e. The third-order valence-corrected chi connectivity index (χ3v) is 3.91. The normalized spacial score (nSPS) is 10.3. The highest BCUT2D eigenvalue weighted by Crippen LogP contribution is 2.14. The average molecular weight is 299 g/mol. The van der Waals surface area contributed by atoms with Crippen LogP contribution in [0.2, 0.25) is 0 Å². The van der Waals surface area contributed by atoms with Crippen LogP contribution >= 0.6 is 11.3 Å². The van der Waals surface area contributed by atoms with Crippen molar-refractivity contribution in [2.75, 3.05) is 18.9 Å². The molecule has 1 amide bonds. The highest BCUT2D eigenvalue weighted by molar-refractivity contribution is 7.09. The maximum absolute atomic E-state index is 11.9. The van der Waals surface area contributed by atoms with Gasteiger partial charge in [-0.05, 0) is 30.6 Å². The average Bonchev–Trinajstić information content (AvgIpc) is 2.98. The van der Waals surface area contributed by atoms with Crippen LogP contribution < -0.4 is 5.32 Å². The lowest BCUT2D eigenvalue weighted by Crippen LogP contribution is -2.23. The van der Waals surface area contributed by atoms with Crippen molar-refractivity contribution in [1.82, 2.24) is 4.90 Å². The highest BCUT2D eigenvalue weighted by atomic mass is 32.1. The van der Waals surface area contributed by atoms with E-state index in [1.165, 1.54) is 4.88 Å². The van der Waals surface area contributed by atoms with Crippen LogP contribution in [0.5, 0.6) is 0 Å². The summed E-state index contributed by atoms with van der Waals surface area (Å²) in [6.45, 7) is 1.53. The number of para-hydroxylation sites is 1. The van der Waals surface area contributed by atoms with E-state index in [0.29, 0.717) is 24.2 Å². The molecular weight excluding hydrogens is 282 g/mol. The number of carbonyl (C=O) groups excluding carboxylic acids is 1. The highest BCUT2D eigenvalue weighted by Gasteiger charge is 2.08. The molecule has 0 fully saturated rings. The molecule has 0 aliphatic heterocycles. The van der Waals surface area contributed by atoms with Crippen LogP contribution in [0.25, 0.3) is 0 Å². The predicted molar refractivity (Wildman–Crippen MR) is 85.1 cm³/mol. The van der Waals surface area contributed by atoms with Gasteiger partial charge in [-0.1, -0.05) is 18.2 Å². The van der Waals surface area contributed by atoms with Crippen LogP contribution in [0.1, 0.15) is 16.9 Å². The lowest BCUT2D eigenvalue weighted by atomic mass is 10.2. The van der Waals surface area contributed by atoms with Gasteiger partial charge in [-0.3, -0.25) is 4.79 Å². The molecule has 1 aromatic carbocycles. The van der Waals surface area contributed by atoms with E-state index in [0.717, 1.165) is 6.54 Å². The number of anilines is 1. The summed E-state index contributed by atoms with van der Waals surface area (Å²) in [6, 6.07) is 13.2. The van der Waals surface area contributed by atoms with Gasteiger partial charge in [0.15, 0.2) is 0 Å². The van der Waals surface area contributed by atoms with Crippen molar-refractivity contribution in [1.29, 1.82) is 5.26 Å². The molecule has 0 saturated carbocycles. The Morgan fingerprint density at radius 1 is 1.33 bits per heavy atom. The summed E-state index contributed by atoms with van der Waals surface area (Å²) in [6.07, 6.45) is 0.404. The van der Waals surface area contributed by atoms with Gasteiger partial charge in [0.05, 0.1) is 11.3 Å². The van der Waals surface area contributed by atoms with Crippen LogP contribution in [-0.2, 0) is 11.3 Å². The first-order chi connectivity index (χ1) is 10.2. The van der Waals surface area contributed by atoms with Crippen molar-refractivity contribution >= 4 is 22.9 Å². The number of hydrogen-bond acceptors (Lipinski definition) is 4. The Kier molecular flexibility index (Phi) is 5.50. The molecule has 0 spiro atoms. The minimum absolute atomic E-state index is 0.0734. The summed E-state index contributed by atoms with van der Waals surface area (Å²) in [4.78, 5) is 15.3. The lowest BCUT2D eigenvalue weighted by molar-refractivity contribution is -0.116. The van der Waals surface area contributed by atoms with E-state index in [1.54, 1.807) is 35.6 Å². The lowest BCUT2D eigenvalue weighted by Gasteiger charge is -2.15. The fourth-order valence-electron chi connectivity index (χ4n) is 1.94. The maximum atomic E-state index is 11.9. The van der Waals surface area contributed by atoms with Gasteiger partial charge in [-0.25, -0.2) is 0 Å². The van der Waals surface area contributed by atoms with Crippen LogP contribution in [0.4, 0.5) is 5.69 Å². The Labute approximate surface area is 128 Å². The van der Waals surface area contributed by atoms with Crippen LogP contribution in [0.3, 0.4) is 0 Å². The molecule has 0 aliphatic carbocycles. The number of nitrogens with zero attached hydrogens (tertiary/aromatic N) is 2. The van der Waals surface area contributed by atoms with E-state index in [9.17, 15) is 4.79 Å². The fourth-order valence-corrected chi connectivity index (χ4v) is 2.73. The molecule has 0 bridgehead atoms. The molecule has 5 heteroatoms. The van der Waals surface area contributed by atoms with Gasteiger partial charge in [0.1, 0.15) is 6.07 Å². The van der Waals surface area contributed by atoms with E-state index in [1.807, 2.05) is 13.1 Å². The predicted octanol–water partition coefficient (Wildman–Crippen LogP) is 3.08. The number of nitrogens with one attached hydrogen (secondary N) is 1. The Morgan fingerprint density at radius 2 is 2.14 bits per heavy atom. The van der Waals surface area contributed by atoms with Gasteiger partial charge in [-0.15, -0.1) is 11.3 Å². The molecule has 2 rings (SSSR count). The first-order valence-corrected chi connectivity index (χ1v) is 7.57. The Hall–Kier alpha value is -2.16. The molecule has 1 heterocycles. The quantitative estimate of drug-likeness (QED) is 0.892. The van der Waals surface area contributed by atoms with E-state index < -0.39 is 0 Å². The molecule has 0 atom stereocenters. The van der Waals surface area contributed by atoms with Gasteiger partial charge in [0, 0.05) is 24.4 Å². The second-order valence-electron chi connectivity index (χ2n) is 4.77. The van der Waals surface area contributed by atoms with Crippen LogP contribution in [0, 0.1) is 11.3 Å². The zero-order chi connectivity index (χ0) is 15.1. The fraction of sp³-hybridized carbons (Fsp3) is 0.250. The summed E-state index contributed by atoms with van der Waals surface area (Å²) in [5.74, 6) is -0.0734. The van der Waals surface area contributed by atoms with Crippen molar-refractivity contribution in [2.24, 2.45) is 0 Å². The van der Waals surface area contributed by atoms with E-state index >= 15 is 0 Å². The second-order valence-corrected chi connectivity index (χ2v) is 5.80. The van der Waals surface area contributed by atoms with Crippen molar-refractivity contribution < 1.29 is 4.79 Å². The Morgan fingerprint density at radius 3 is 2.86 bits per heavy atom. The van der Waals surface area contributed by atoms with Gasteiger partial charge < -0.3 is 10.2 Å². The number of nitriles is 1. The summed E-state index contributed by atoms with van der Waals surface area (Å²) in [7, 11) is 2.00. The summed E-state index contributed by atoms with van der Waals surface area (Å²) in [5, 5.41) is 13.8. The Balaban J connectivity index is 1.81. The SMILES string of the molecule is CN(CCC(=O)Nc1ccccc1C#N)Cc1cccs1. The van der Waals surface area contributed by atoms with Crippen LogP contribution in [-0.4, -0.2) is 24.4 Å². The number of rotatable bonds is 6. The first-order valence-electron chi connectivity index (χ1n) is 6.69. The van der Waals surface area contributed by atoms with Crippen molar-refractivity contribution in [3.8, 4) is 6.07 Å². The zero-order valence-corrected chi connectivity index (χ0v) is 12.7. The summed E-state index contributed by atoms with van der Waals surface area (Å²) >= 11 is 1.71. The molecule has 2 aromatic rings. The van der Waals surface area contributed by atoms with E-state index in [4.69, 9.17) is 5.26 Å². The second kappa shape index (κ2) is 7.58. The van der Waals surface area contributed by atoms with E-state index in [2.05, 4.69) is 27.7 Å². The third-order valence-electron chi connectivity index (χ3n) is 3.05. The molecule has 0 unspecified atom stereocenters. The standard InChI is InChI=1S/C16H17N3OS/c1-19(12-14-6-4-10-21-14)9-8-16(20)18-15-7-3-2-5-13(15)11-17/h2-7,10H,8-9,12H2,1H3,(H,18,20). The van der Waals surface area contributed by atoms with Gasteiger partial charge in [-0.2, -0.15) is 5.26 Å².